The molecule has 10 nitrogen and oxygen atoms in total. The Morgan fingerprint density at radius 3 is 2.77 bits per heavy atom. The molecule has 2 fully saturated rings. The molecule has 0 radical (unpaired) electrons. The Morgan fingerprint density at radius 2 is 2.00 bits per heavy atom. The molecule has 8 rings (SSSR count). The third kappa shape index (κ3) is 4.31. The summed E-state index contributed by atoms with van der Waals surface area (Å²) in [5.74, 6) is 1.92. The number of anilines is 1. The minimum absolute atomic E-state index is 0.00151. The van der Waals surface area contributed by atoms with Gasteiger partial charge < -0.3 is 16.0 Å². The number of piperidine rings is 1. The van der Waals surface area contributed by atoms with Crippen molar-refractivity contribution in [2.24, 2.45) is 0 Å². The number of nitrogens with zero attached hydrogens (tertiary/aromatic N) is 7. The highest BCUT2D eigenvalue weighted by atomic mass is 16.2. The molecule has 5 heterocycles. The van der Waals surface area contributed by atoms with E-state index in [0.717, 1.165) is 67.5 Å². The number of pyridine rings is 2. The lowest BCUT2D eigenvalue weighted by Crippen LogP contribution is -2.62. The molecule has 3 N–H and O–H groups in total. The zero-order valence-corrected chi connectivity index (χ0v) is 24.6. The topological polar surface area (TPSA) is 120 Å². The van der Waals surface area contributed by atoms with Crippen LogP contribution in [0.1, 0.15) is 55.7 Å². The minimum Gasteiger partial charge on any atom is -0.383 e. The van der Waals surface area contributed by atoms with Gasteiger partial charge in [0.05, 0.1) is 5.56 Å². The van der Waals surface area contributed by atoms with Crippen LogP contribution < -0.4 is 11.1 Å². The van der Waals surface area contributed by atoms with Crippen LogP contribution in [0.25, 0.3) is 34.1 Å². The van der Waals surface area contributed by atoms with Gasteiger partial charge in [-0.1, -0.05) is 12.6 Å². The number of carbonyl (C=O) groups excluding carboxylic acids is 1. The molecule has 1 amide bonds. The molecule has 0 bridgehead atoms. The molecule has 1 saturated heterocycles. The molecule has 1 spiro atoms. The monoisotopic (exact) mass is 585 g/mol. The second kappa shape index (κ2) is 10.4. The Bertz CT molecular complexity index is 1890. The van der Waals surface area contributed by atoms with Crippen molar-refractivity contribution in [3.8, 4) is 22.9 Å². The number of likely N-dealkylation sites (tertiary alicyclic amines) is 1. The number of hydrogen-bond acceptors (Lipinski definition) is 7. The molecular formula is C34H35N9O. The molecule has 1 aromatic carbocycles. The third-order valence-electron chi connectivity index (χ3n) is 9.83. The van der Waals surface area contributed by atoms with Gasteiger partial charge in [-0.15, -0.1) is 0 Å². The number of nitrogens with one attached hydrogen (secondary N) is 1. The average molecular weight is 586 g/mol. The van der Waals surface area contributed by atoms with Gasteiger partial charge in [-0.2, -0.15) is 5.10 Å². The fraction of sp³-hybridized carbons (Fsp3) is 0.324. The van der Waals surface area contributed by atoms with Crippen molar-refractivity contribution in [2.75, 3.05) is 12.3 Å². The summed E-state index contributed by atoms with van der Waals surface area (Å²) < 4.78 is 3.84. The molecule has 222 valence electrons. The molecule has 2 aliphatic carbocycles. The highest BCUT2D eigenvalue weighted by Crippen LogP contribution is 2.45. The van der Waals surface area contributed by atoms with E-state index in [4.69, 9.17) is 15.7 Å². The van der Waals surface area contributed by atoms with Crippen molar-refractivity contribution >= 4 is 22.9 Å². The van der Waals surface area contributed by atoms with Gasteiger partial charge in [-0.05, 0) is 105 Å². The summed E-state index contributed by atoms with van der Waals surface area (Å²) in [4.78, 5) is 29.0. The summed E-state index contributed by atoms with van der Waals surface area (Å²) in [6.07, 6.45) is 14.2. The second-order valence-electron chi connectivity index (χ2n) is 12.3. The number of fused-ring (bicyclic) bond motifs is 2. The van der Waals surface area contributed by atoms with E-state index >= 15 is 0 Å². The van der Waals surface area contributed by atoms with Gasteiger partial charge >= 0.3 is 0 Å². The summed E-state index contributed by atoms with van der Waals surface area (Å²) >= 11 is 0. The van der Waals surface area contributed by atoms with E-state index in [-0.39, 0.29) is 11.4 Å². The maximum atomic E-state index is 12.6. The van der Waals surface area contributed by atoms with Crippen molar-refractivity contribution in [1.29, 1.82) is 0 Å². The van der Waals surface area contributed by atoms with Crippen molar-refractivity contribution in [2.45, 2.75) is 62.6 Å². The van der Waals surface area contributed by atoms with E-state index in [1.54, 1.807) is 17.1 Å². The van der Waals surface area contributed by atoms with Crippen LogP contribution in [0.15, 0.2) is 79.8 Å². The third-order valence-corrected chi connectivity index (χ3v) is 9.83. The molecule has 3 aliphatic rings. The first-order valence-corrected chi connectivity index (χ1v) is 15.5. The molecule has 10 heteroatoms. The maximum absolute atomic E-state index is 12.6. The number of nitrogen functional groups attached to an aromatic ring is 1. The second-order valence-corrected chi connectivity index (χ2v) is 12.3. The number of aryl methyl sites for hydroxylation is 1. The standard InChI is InChI=1S/C34H35N9O/c1-2-30(44)41-19-13-23(21-34(41)14-4-15-34)38-27-10-7-22-20-24(8-9-25(22)27)43-32(26-6-3-16-36-31(26)35)39-28-11-12-29(40-33(28)43)42-18-5-17-37-42/h2-3,5-6,8-9,11-12,16-18,20,23,27,38H,1,4,7,10,13-15,19,21H2,(H2,35,36)/t23?,27-/m0/s1. The fourth-order valence-electron chi connectivity index (χ4n) is 7.56. The van der Waals surface area contributed by atoms with Gasteiger partial charge in [0.1, 0.15) is 11.3 Å². The number of amides is 1. The Labute approximate surface area is 255 Å². The van der Waals surface area contributed by atoms with E-state index in [0.29, 0.717) is 29.5 Å². The van der Waals surface area contributed by atoms with Gasteiger partial charge in [-0.3, -0.25) is 9.36 Å². The first-order valence-electron chi connectivity index (χ1n) is 15.5. The molecule has 1 saturated carbocycles. The molecule has 1 aliphatic heterocycles. The predicted molar refractivity (Wildman–Crippen MR) is 169 cm³/mol. The highest BCUT2D eigenvalue weighted by molar-refractivity contribution is 5.88. The molecule has 44 heavy (non-hydrogen) atoms. The number of hydrogen-bond donors (Lipinski definition) is 2. The van der Waals surface area contributed by atoms with Crippen LogP contribution in [0.2, 0.25) is 0 Å². The normalized spacial score (nSPS) is 20.5. The molecule has 1 unspecified atom stereocenters. The van der Waals surface area contributed by atoms with Crippen LogP contribution in [0, 0.1) is 0 Å². The van der Waals surface area contributed by atoms with Gasteiger partial charge in [0.15, 0.2) is 17.3 Å². The summed E-state index contributed by atoms with van der Waals surface area (Å²) in [6, 6.07) is 17.0. The number of imidazole rings is 1. The van der Waals surface area contributed by atoms with Crippen LogP contribution in [-0.4, -0.2) is 58.2 Å². The largest absolute Gasteiger partial charge is 0.383 e. The van der Waals surface area contributed by atoms with Gasteiger partial charge in [0.2, 0.25) is 5.91 Å². The van der Waals surface area contributed by atoms with Crippen molar-refractivity contribution in [3.63, 3.8) is 0 Å². The predicted octanol–water partition coefficient (Wildman–Crippen LogP) is 4.93. The first kappa shape index (κ1) is 26.8. The van der Waals surface area contributed by atoms with Gasteiger partial charge in [0, 0.05) is 48.4 Å². The lowest BCUT2D eigenvalue weighted by molar-refractivity contribution is -0.140. The Balaban J connectivity index is 1.13. The molecule has 2 atom stereocenters. The quantitative estimate of drug-likeness (QED) is 0.271. The van der Waals surface area contributed by atoms with Gasteiger partial charge in [0.25, 0.3) is 0 Å². The van der Waals surface area contributed by atoms with Crippen LogP contribution >= 0.6 is 0 Å². The van der Waals surface area contributed by atoms with E-state index in [2.05, 4.69) is 49.6 Å². The van der Waals surface area contributed by atoms with Crippen LogP contribution in [0.4, 0.5) is 5.82 Å². The number of benzene rings is 1. The van der Waals surface area contributed by atoms with Crippen LogP contribution in [0.3, 0.4) is 0 Å². The Kier molecular flexibility index (Phi) is 6.33. The van der Waals surface area contributed by atoms with E-state index in [1.165, 1.54) is 23.6 Å². The minimum atomic E-state index is 0.00151. The lowest BCUT2D eigenvalue weighted by Gasteiger charge is -2.55. The average Bonchev–Trinajstić information content (AvgIpc) is 3.79. The summed E-state index contributed by atoms with van der Waals surface area (Å²) in [5.41, 5.74) is 12.3. The van der Waals surface area contributed by atoms with Crippen molar-refractivity contribution in [1.82, 2.24) is 39.5 Å². The van der Waals surface area contributed by atoms with Gasteiger partial charge in [-0.25, -0.2) is 19.6 Å². The van der Waals surface area contributed by atoms with Crippen LogP contribution in [-0.2, 0) is 11.2 Å². The number of rotatable bonds is 6. The number of carbonyl (C=O) groups is 1. The van der Waals surface area contributed by atoms with Crippen LogP contribution in [0.5, 0.6) is 0 Å². The highest BCUT2D eigenvalue weighted by Gasteiger charge is 2.48. The van der Waals surface area contributed by atoms with E-state index < -0.39 is 0 Å². The van der Waals surface area contributed by atoms with E-state index in [9.17, 15) is 4.79 Å². The maximum Gasteiger partial charge on any atom is 0.246 e. The fourth-order valence-corrected chi connectivity index (χ4v) is 7.56. The zero-order valence-electron chi connectivity index (χ0n) is 24.6. The number of nitrogens with two attached hydrogens (primary N) is 1. The summed E-state index contributed by atoms with van der Waals surface area (Å²) in [5, 5.41) is 8.37. The molecular weight excluding hydrogens is 550 g/mol. The van der Waals surface area contributed by atoms with Crippen molar-refractivity contribution in [3.05, 3.63) is 90.9 Å². The Hall–Kier alpha value is -4.83. The van der Waals surface area contributed by atoms with E-state index in [1.807, 2.05) is 36.5 Å². The smallest absolute Gasteiger partial charge is 0.246 e. The Morgan fingerprint density at radius 1 is 1.09 bits per heavy atom. The number of aromatic nitrogens is 6. The lowest BCUT2D eigenvalue weighted by atomic mass is 9.68. The van der Waals surface area contributed by atoms with Crippen molar-refractivity contribution < 1.29 is 4.79 Å². The summed E-state index contributed by atoms with van der Waals surface area (Å²) in [7, 11) is 0. The first-order chi connectivity index (χ1) is 21.5. The molecule has 5 aromatic rings. The zero-order chi connectivity index (χ0) is 29.8. The summed E-state index contributed by atoms with van der Waals surface area (Å²) in [6.45, 7) is 4.54. The SMILES string of the molecule is C=CC(=O)N1CCC(N[C@H]2CCc3cc(-n4c(-c5cccnc5N)nc5ccc(-n6cccn6)nc54)ccc32)CC12CCC2. The molecule has 4 aromatic heterocycles.